The van der Waals surface area contributed by atoms with E-state index >= 15 is 0 Å². The van der Waals surface area contributed by atoms with Crippen LogP contribution in [-0.4, -0.2) is 12.5 Å². The van der Waals surface area contributed by atoms with Gasteiger partial charge in [-0.15, -0.1) is 23.5 Å². The second-order valence-corrected chi connectivity index (χ2v) is 13.1. The van der Waals surface area contributed by atoms with Crippen LogP contribution in [-0.2, 0) is 0 Å². The Bertz CT molecular complexity index is 2100. The van der Waals surface area contributed by atoms with Crippen molar-refractivity contribution in [1.82, 2.24) is 0 Å². The molecule has 0 fully saturated rings. The summed E-state index contributed by atoms with van der Waals surface area (Å²) < 4.78 is 0. The van der Waals surface area contributed by atoms with Crippen LogP contribution in [0.15, 0.2) is 168 Å². The molecule has 0 saturated carbocycles. The van der Waals surface area contributed by atoms with E-state index in [1.807, 2.05) is 0 Å². The summed E-state index contributed by atoms with van der Waals surface area (Å²) >= 11 is 3.53. The van der Waals surface area contributed by atoms with Gasteiger partial charge in [0.2, 0.25) is 0 Å². The molecule has 0 atom stereocenters. The lowest BCUT2D eigenvalue weighted by atomic mass is 9.91. The first-order chi connectivity index (χ1) is 22.7. The number of nitrogens with zero attached hydrogens (tertiary/aromatic N) is 2. The first-order valence-corrected chi connectivity index (χ1v) is 17.9. The highest BCUT2D eigenvalue weighted by Gasteiger charge is 2.21. The Balaban J connectivity index is 1.38. The van der Waals surface area contributed by atoms with Crippen LogP contribution in [0.1, 0.15) is 0 Å². The molecule has 0 amide bonds. The van der Waals surface area contributed by atoms with Crippen molar-refractivity contribution in [2.24, 2.45) is 0 Å². The molecule has 0 heterocycles. The highest BCUT2D eigenvalue weighted by atomic mass is 32.2. The van der Waals surface area contributed by atoms with E-state index in [2.05, 4.69) is 180 Å². The lowest BCUT2D eigenvalue weighted by molar-refractivity contribution is 1.28. The molecule has 0 bridgehead atoms. The predicted molar refractivity (Wildman–Crippen MR) is 203 cm³/mol. The molecule has 2 nitrogen and oxygen atoms in total. The Morgan fingerprint density at radius 1 is 0.348 bits per heavy atom. The van der Waals surface area contributed by atoms with Crippen molar-refractivity contribution < 1.29 is 0 Å². The van der Waals surface area contributed by atoms with Crippen molar-refractivity contribution in [1.29, 1.82) is 0 Å². The molecule has 0 spiro atoms. The highest BCUT2D eigenvalue weighted by Crippen LogP contribution is 2.47. The molecule has 0 aliphatic rings. The lowest BCUT2D eigenvalue weighted by Gasteiger charge is -2.29. The average Bonchev–Trinajstić information content (AvgIpc) is 3.13. The molecule has 4 heteroatoms. The minimum atomic E-state index is 1.14. The summed E-state index contributed by atoms with van der Waals surface area (Å²) in [6.45, 7) is 0. The fourth-order valence-electron chi connectivity index (χ4n) is 6.63. The van der Waals surface area contributed by atoms with Gasteiger partial charge in [-0.3, -0.25) is 0 Å². The molecule has 46 heavy (non-hydrogen) atoms. The first-order valence-electron chi connectivity index (χ1n) is 15.4. The standard InChI is InChI=1S/C42H32N2S2/c1-45-35-21-17-33(18-22-35)43(31-9-5-3-6-10-31)39-27-15-29-14-26-38-40(28-16-30-13-25-37(39)41(29)42(30)38)44(32-11-7-4-8-12-32)34-19-23-36(46-2)24-20-34/h3-28H,1-2H3. The summed E-state index contributed by atoms with van der Waals surface area (Å²) in [5.74, 6) is 0. The van der Waals surface area contributed by atoms with Gasteiger partial charge in [0.25, 0.3) is 0 Å². The van der Waals surface area contributed by atoms with E-state index in [-0.39, 0.29) is 0 Å². The maximum absolute atomic E-state index is 2.39. The van der Waals surface area contributed by atoms with Crippen LogP contribution < -0.4 is 9.80 Å². The maximum Gasteiger partial charge on any atom is 0.0540 e. The fourth-order valence-corrected chi connectivity index (χ4v) is 7.45. The van der Waals surface area contributed by atoms with Gasteiger partial charge in [-0.05, 0) is 119 Å². The number of hydrogen-bond donors (Lipinski definition) is 0. The minimum absolute atomic E-state index is 1.14. The van der Waals surface area contributed by atoms with Gasteiger partial charge < -0.3 is 9.80 Å². The van der Waals surface area contributed by atoms with Gasteiger partial charge in [-0.25, -0.2) is 0 Å². The summed E-state index contributed by atoms with van der Waals surface area (Å²) in [5, 5.41) is 7.55. The topological polar surface area (TPSA) is 6.48 Å². The van der Waals surface area contributed by atoms with Crippen LogP contribution in [0.5, 0.6) is 0 Å². The van der Waals surface area contributed by atoms with Crippen LogP contribution in [0.4, 0.5) is 34.1 Å². The zero-order valence-corrected chi connectivity index (χ0v) is 27.4. The Morgan fingerprint density at radius 2 is 0.696 bits per heavy atom. The zero-order valence-electron chi connectivity index (χ0n) is 25.7. The van der Waals surface area contributed by atoms with Crippen molar-refractivity contribution in [3.8, 4) is 0 Å². The first kappa shape index (κ1) is 28.6. The van der Waals surface area contributed by atoms with E-state index < -0.39 is 0 Å². The third kappa shape index (κ3) is 4.95. The summed E-state index contributed by atoms with van der Waals surface area (Å²) in [4.78, 5) is 7.29. The lowest BCUT2D eigenvalue weighted by Crippen LogP contribution is -2.11. The average molecular weight is 629 g/mol. The normalized spacial score (nSPS) is 11.4. The number of hydrogen-bond acceptors (Lipinski definition) is 4. The summed E-state index contributed by atoms with van der Waals surface area (Å²) in [6, 6.07) is 57.5. The van der Waals surface area contributed by atoms with Crippen LogP contribution in [0.2, 0.25) is 0 Å². The third-order valence-corrected chi connectivity index (χ3v) is 10.3. The quantitative estimate of drug-likeness (QED) is 0.122. The molecule has 0 unspecified atom stereocenters. The summed E-state index contributed by atoms with van der Waals surface area (Å²) in [5.41, 5.74) is 6.90. The van der Waals surface area contributed by atoms with Gasteiger partial charge in [0.15, 0.2) is 0 Å². The molecule has 8 aromatic carbocycles. The van der Waals surface area contributed by atoms with Gasteiger partial charge in [0.1, 0.15) is 0 Å². The molecule has 222 valence electrons. The molecule has 0 radical (unpaired) electrons. The largest absolute Gasteiger partial charge is 0.310 e. The van der Waals surface area contributed by atoms with Gasteiger partial charge in [-0.1, -0.05) is 72.8 Å². The van der Waals surface area contributed by atoms with Crippen LogP contribution in [0.3, 0.4) is 0 Å². The second-order valence-electron chi connectivity index (χ2n) is 11.3. The van der Waals surface area contributed by atoms with Crippen LogP contribution in [0, 0.1) is 0 Å². The smallest absolute Gasteiger partial charge is 0.0540 e. The van der Waals surface area contributed by atoms with Crippen molar-refractivity contribution in [2.75, 3.05) is 22.3 Å². The third-order valence-electron chi connectivity index (χ3n) is 8.79. The fraction of sp³-hybridized carbons (Fsp3) is 0.0476. The highest BCUT2D eigenvalue weighted by molar-refractivity contribution is 7.98. The van der Waals surface area contributed by atoms with E-state index in [0.717, 1.165) is 22.7 Å². The molecule has 8 rings (SSSR count). The summed E-state index contributed by atoms with van der Waals surface area (Å²) in [7, 11) is 0. The van der Waals surface area contributed by atoms with Gasteiger partial charge in [0, 0.05) is 43.3 Å². The van der Waals surface area contributed by atoms with Gasteiger partial charge in [0.05, 0.1) is 11.4 Å². The molecule has 0 aliphatic heterocycles. The number of anilines is 6. The molecule has 0 saturated heterocycles. The molecule has 8 aromatic rings. The molecule has 0 N–H and O–H groups in total. The Morgan fingerprint density at radius 3 is 1.07 bits per heavy atom. The predicted octanol–water partition coefficient (Wildman–Crippen LogP) is 13.0. The summed E-state index contributed by atoms with van der Waals surface area (Å²) in [6.07, 6.45) is 4.24. The zero-order chi connectivity index (χ0) is 31.0. The Labute approximate surface area is 278 Å². The molecular weight excluding hydrogens is 597 g/mol. The number of para-hydroxylation sites is 2. The van der Waals surface area contributed by atoms with Crippen LogP contribution >= 0.6 is 23.5 Å². The van der Waals surface area contributed by atoms with Crippen molar-refractivity contribution in [3.63, 3.8) is 0 Å². The van der Waals surface area contributed by atoms with Crippen molar-refractivity contribution in [2.45, 2.75) is 9.79 Å². The molecule has 0 aliphatic carbocycles. The molecular formula is C42H32N2S2. The SMILES string of the molecule is CSc1ccc(N(c2ccccc2)c2ccc3ccc4c(N(c5ccccc5)c5ccc(SC)cc5)ccc5ccc2c3c54)cc1. The van der Waals surface area contributed by atoms with Gasteiger partial charge >= 0.3 is 0 Å². The Kier molecular flexibility index (Phi) is 7.53. The van der Waals surface area contributed by atoms with E-state index in [9.17, 15) is 0 Å². The molecule has 0 aromatic heterocycles. The minimum Gasteiger partial charge on any atom is -0.310 e. The van der Waals surface area contributed by atoms with E-state index in [0.29, 0.717) is 0 Å². The number of benzene rings is 8. The van der Waals surface area contributed by atoms with E-state index in [1.165, 1.54) is 53.5 Å². The van der Waals surface area contributed by atoms with Gasteiger partial charge in [-0.2, -0.15) is 0 Å². The Hall–Kier alpha value is -4.90. The van der Waals surface area contributed by atoms with Crippen molar-refractivity contribution in [3.05, 3.63) is 158 Å². The maximum atomic E-state index is 2.39. The van der Waals surface area contributed by atoms with Crippen LogP contribution in [0.25, 0.3) is 32.3 Å². The van der Waals surface area contributed by atoms with E-state index in [1.54, 1.807) is 23.5 Å². The second kappa shape index (κ2) is 12.1. The van der Waals surface area contributed by atoms with Crippen molar-refractivity contribution >= 4 is 90.0 Å². The number of thioether (sulfide) groups is 2. The van der Waals surface area contributed by atoms with E-state index in [4.69, 9.17) is 0 Å². The number of rotatable bonds is 8. The monoisotopic (exact) mass is 628 g/mol.